The molecule has 1 heterocycles. The summed E-state index contributed by atoms with van der Waals surface area (Å²) >= 11 is 11.0. The molecule has 3 nitrogen and oxygen atoms in total. The van der Waals surface area contributed by atoms with Gasteiger partial charge < -0.3 is 4.74 Å². The van der Waals surface area contributed by atoms with Gasteiger partial charge in [-0.25, -0.2) is 0 Å². The van der Waals surface area contributed by atoms with Crippen LogP contribution in [0.2, 0.25) is 5.02 Å². The van der Waals surface area contributed by atoms with Crippen LogP contribution in [0.1, 0.15) is 21.5 Å². The molecule has 2 rings (SSSR count). The van der Waals surface area contributed by atoms with Gasteiger partial charge in [0.1, 0.15) is 0 Å². The maximum atomic E-state index is 12.8. The molecule has 8 heteroatoms. The van der Waals surface area contributed by atoms with Crippen molar-refractivity contribution in [3.05, 3.63) is 52.2 Å². The van der Waals surface area contributed by atoms with Crippen molar-refractivity contribution in [3.63, 3.8) is 0 Å². The van der Waals surface area contributed by atoms with Gasteiger partial charge in [0.2, 0.25) is 0 Å². The lowest BCUT2D eigenvalue weighted by molar-refractivity contribution is -0.137. The van der Waals surface area contributed by atoms with Gasteiger partial charge in [-0.2, -0.15) is 13.2 Å². The number of pyridine rings is 1. The Morgan fingerprint density at radius 1 is 1.39 bits per heavy atom. The highest BCUT2D eigenvalue weighted by atomic mass is 35.5. The summed E-state index contributed by atoms with van der Waals surface area (Å²) in [7, 11) is 1.36. The normalized spacial score (nSPS) is 11.2. The van der Waals surface area contributed by atoms with Crippen LogP contribution in [0.4, 0.5) is 13.2 Å². The zero-order chi connectivity index (χ0) is 17.2. The Morgan fingerprint density at radius 2 is 2.09 bits per heavy atom. The maximum absolute atomic E-state index is 12.8. The Hall–Kier alpha value is -1.99. The lowest BCUT2D eigenvalue weighted by Crippen LogP contribution is -2.08. The summed E-state index contributed by atoms with van der Waals surface area (Å²) in [5.74, 6) is 0. The van der Waals surface area contributed by atoms with Crippen molar-refractivity contribution in [3.8, 4) is 11.3 Å². The third-order valence-electron chi connectivity index (χ3n) is 3.02. The number of halogens is 4. The van der Waals surface area contributed by atoms with E-state index in [1.807, 2.05) is 0 Å². The number of alkyl halides is 3. The highest BCUT2D eigenvalue weighted by Gasteiger charge is 2.32. The SMILES string of the molecule is COC(=S)c1cccnc1-c1c(Cl)cc(C(F)(F)F)cc1C=O. The predicted molar refractivity (Wildman–Crippen MR) is 83.8 cm³/mol. The maximum Gasteiger partial charge on any atom is 0.416 e. The van der Waals surface area contributed by atoms with E-state index in [2.05, 4.69) is 4.98 Å². The minimum absolute atomic E-state index is 0.0738. The highest BCUT2D eigenvalue weighted by molar-refractivity contribution is 7.80. The van der Waals surface area contributed by atoms with E-state index in [1.165, 1.54) is 13.3 Å². The van der Waals surface area contributed by atoms with Crippen molar-refractivity contribution in [1.82, 2.24) is 4.98 Å². The van der Waals surface area contributed by atoms with Crippen LogP contribution in [-0.2, 0) is 10.9 Å². The lowest BCUT2D eigenvalue weighted by atomic mass is 9.98. The molecular formula is C15H9ClF3NO2S. The van der Waals surface area contributed by atoms with Gasteiger partial charge in [-0.05, 0) is 36.5 Å². The summed E-state index contributed by atoms with van der Waals surface area (Å²) in [4.78, 5) is 15.4. The molecule has 0 amide bonds. The fraction of sp³-hybridized carbons (Fsp3) is 0.133. The number of carbonyl (C=O) groups excluding carboxylic acids is 1. The molecule has 1 aromatic heterocycles. The molecule has 0 atom stereocenters. The van der Waals surface area contributed by atoms with Crippen molar-refractivity contribution in [2.24, 2.45) is 0 Å². The molecule has 120 valence electrons. The quantitative estimate of drug-likeness (QED) is 0.595. The fourth-order valence-electron chi connectivity index (χ4n) is 2.01. The van der Waals surface area contributed by atoms with Crippen molar-refractivity contribution in [1.29, 1.82) is 0 Å². The molecule has 0 N–H and O–H groups in total. The average molecular weight is 360 g/mol. The summed E-state index contributed by atoms with van der Waals surface area (Å²) in [6.45, 7) is 0. The van der Waals surface area contributed by atoms with Crippen molar-refractivity contribution < 1.29 is 22.7 Å². The number of benzene rings is 1. The van der Waals surface area contributed by atoms with Crippen molar-refractivity contribution in [2.75, 3.05) is 7.11 Å². The van der Waals surface area contributed by atoms with Crippen LogP contribution in [0.15, 0.2) is 30.5 Å². The van der Waals surface area contributed by atoms with E-state index in [1.54, 1.807) is 12.1 Å². The van der Waals surface area contributed by atoms with Crippen LogP contribution < -0.4 is 0 Å². The third-order valence-corrected chi connectivity index (χ3v) is 3.71. The van der Waals surface area contributed by atoms with Crippen LogP contribution in [0.5, 0.6) is 0 Å². The predicted octanol–water partition coefficient (Wildman–Crippen LogP) is 4.56. The van der Waals surface area contributed by atoms with Gasteiger partial charge in [0.05, 0.1) is 29.0 Å². The third kappa shape index (κ3) is 3.51. The lowest BCUT2D eigenvalue weighted by Gasteiger charge is -2.15. The second kappa shape index (κ2) is 6.64. The summed E-state index contributed by atoms with van der Waals surface area (Å²) in [5, 5.41) is -0.165. The Morgan fingerprint density at radius 3 is 2.65 bits per heavy atom. The minimum atomic E-state index is -4.62. The van der Waals surface area contributed by atoms with E-state index in [9.17, 15) is 18.0 Å². The summed E-state index contributed by atoms with van der Waals surface area (Å²) < 4.78 is 43.5. The van der Waals surface area contributed by atoms with Crippen LogP contribution in [0.3, 0.4) is 0 Å². The molecule has 0 bridgehead atoms. The Balaban J connectivity index is 2.75. The summed E-state index contributed by atoms with van der Waals surface area (Å²) in [6, 6.07) is 4.64. The van der Waals surface area contributed by atoms with Gasteiger partial charge >= 0.3 is 6.18 Å². The first-order valence-electron chi connectivity index (χ1n) is 6.19. The van der Waals surface area contributed by atoms with Gasteiger partial charge in [-0.1, -0.05) is 11.6 Å². The number of aldehydes is 1. The first-order chi connectivity index (χ1) is 10.8. The first kappa shape index (κ1) is 17.4. The highest BCUT2D eigenvalue weighted by Crippen LogP contribution is 2.38. The van der Waals surface area contributed by atoms with Crippen LogP contribution in [0.25, 0.3) is 11.3 Å². The van der Waals surface area contributed by atoms with Crippen LogP contribution in [-0.4, -0.2) is 23.4 Å². The van der Waals surface area contributed by atoms with E-state index >= 15 is 0 Å². The number of hydrogen-bond acceptors (Lipinski definition) is 4. The molecule has 0 fully saturated rings. The number of ether oxygens (including phenoxy) is 1. The van der Waals surface area contributed by atoms with Crippen molar-refractivity contribution >= 4 is 35.2 Å². The Labute approximate surface area is 140 Å². The molecule has 0 radical (unpaired) electrons. The second-order valence-electron chi connectivity index (χ2n) is 4.43. The van der Waals surface area contributed by atoms with Crippen LogP contribution in [0, 0.1) is 0 Å². The molecule has 1 aromatic carbocycles. The average Bonchev–Trinajstić information content (AvgIpc) is 2.52. The number of methoxy groups -OCH3 is 1. The Bertz CT molecular complexity index is 778. The van der Waals surface area contributed by atoms with Gasteiger partial charge in [0.15, 0.2) is 11.3 Å². The molecule has 2 aromatic rings. The Kier molecular flexibility index (Phi) is 5.01. The van der Waals surface area contributed by atoms with E-state index in [-0.39, 0.29) is 26.9 Å². The van der Waals surface area contributed by atoms with E-state index in [4.69, 9.17) is 28.6 Å². The van der Waals surface area contributed by atoms with Gasteiger partial charge in [-0.15, -0.1) is 0 Å². The summed E-state index contributed by atoms with van der Waals surface area (Å²) in [5.41, 5.74) is -0.636. The second-order valence-corrected chi connectivity index (χ2v) is 5.21. The fourth-order valence-corrected chi connectivity index (χ4v) is 2.49. The molecule has 0 aliphatic carbocycles. The number of nitrogens with zero attached hydrogens (tertiary/aromatic N) is 1. The van der Waals surface area contributed by atoms with E-state index in [0.29, 0.717) is 11.8 Å². The van der Waals surface area contributed by atoms with E-state index in [0.717, 1.165) is 12.1 Å². The molecule has 0 saturated heterocycles. The topological polar surface area (TPSA) is 39.2 Å². The summed E-state index contributed by atoms with van der Waals surface area (Å²) in [6.07, 6.45) is -2.90. The van der Waals surface area contributed by atoms with E-state index < -0.39 is 11.7 Å². The van der Waals surface area contributed by atoms with Crippen LogP contribution >= 0.6 is 23.8 Å². The zero-order valence-electron chi connectivity index (χ0n) is 11.6. The molecule has 0 unspecified atom stereocenters. The number of aromatic nitrogens is 1. The minimum Gasteiger partial charge on any atom is -0.486 e. The smallest absolute Gasteiger partial charge is 0.416 e. The largest absolute Gasteiger partial charge is 0.486 e. The number of carbonyl (C=O) groups is 1. The molecule has 0 spiro atoms. The first-order valence-corrected chi connectivity index (χ1v) is 6.97. The standard InChI is InChI=1S/C15H9ClF3NO2S/c1-22-14(23)10-3-2-4-20-13(10)12-8(7-21)5-9(6-11(12)16)15(17,18)19/h2-7H,1H3. The molecule has 0 aliphatic rings. The molecule has 0 aliphatic heterocycles. The number of thiocarbonyl (C=S) groups is 1. The van der Waals surface area contributed by atoms with Gasteiger partial charge in [0.25, 0.3) is 0 Å². The monoisotopic (exact) mass is 359 g/mol. The molecule has 0 saturated carbocycles. The number of hydrogen-bond donors (Lipinski definition) is 0. The zero-order valence-corrected chi connectivity index (χ0v) is 13.2. The van der Waals surface area contributed by atoms with Gasteiger partial charge in [-0.3, -0.25) is 9.78 Å². The van der Waals surface area contributed by atoms with Gasteiger partial charge in [0, 0.05) is 17.3 Å². The van der Waals surface area contributed by atoms with Crippen molar-refractivity contribution in [2.45, 2.75) is 6.18 Å². The number of rotatable bonds is 3. The molecule has 23 heavy (non-hydrogen) atoms. The molecular weight excluding hydrogens is 351 g/mol.